The van der Waals surface area contributed by atoms with Gasteiger partial charge in [-0.25, -0.2) is 0 Å². The number of carbonyl (C=O) groups is 1. The number of methoxy groups -OCH3 is 2. The molecule has 1 aromatic rings. The highest BCUT2D eigenvalue weighted by molar-refractivity contribution is 7.80. The number of carbonyl (C=O) groups excluding carboxylic acids is 1. The third-order valence-electron chi connectivity index (χ3n) is 5.27. The topological polar surface area (TPSA) is 51.2 Å². The fourth-order valence-corrected chi connectivity index (χ4v) is 4.28. The predicted octanol–water partition coefficient (Wildman–Crippen LogP) is 1.74. The van der Waals surface area contributed by atoms with E-state index in [0.29, 0.717) is 36.1 Å². The van der Waals surface area contributed by atoms with Gasteiger partial charge in [0.1, 0.15) is 6.04 Å². The number of thiocarbonyl (C=S) groups is 1. The molecular formula is C18H22N2O4S. The van der Waals surface area contributed by atoms with E-state index in [1.807, 2.05) is 17.0 Å². The highest BCUT2D eigenvalue weighted by Gasteiger charge is 2.45. The molecule has 1 amide bonds. The van der Waals surface area contributed by atoms with E-state index in [4.69, 9.17) is 26.4 Å². The Balaban J connectivity index is 1.59. The average Bonchev–Trinajstić information content (AvgIpc) is 3.22. The maximum absolute atomic E-state index is 12.9. The zero-order chi connectivity index (χ0) is 17.6. The van der Waals surface area contributed by atoms with Gasteiger partial charge in [0.25, 0.3) is 5.91 Å². The molecule has 4 rings (SSSR count). The van der Waals surface area contributed by atoms with Crippen LogP contribution in [-0.2, 0) is 22.5 Å². The molecule has 2 saturated heterocycles. The van der Waals surface area contributed by atoms with Gasteiger partial charge in [-0.3, -0.25) is 9.69 Å². The second-order valence-corrected chi connectivity index (χ2v) is 7.06. The van der Waals surface area contributed by atoms with Crippen LogP contribution in [0.25, 0.3) is 0 Å². The zero-order valence-corrected chi connectivity index (χ0v) is 15.3. The van der Waals surface area contributed by atoms with Crippen molar-refractivity contribution in [2.75, 3.05) is 27.4 Å². The van der Waals surface area contributed by atoms with Crippen molar-refractivity contribution in [3.05, 3.63) is 23.3 Å². The molecule has 3 aliphatic heterocycles. The van der Waals surface area contributed by atoms with Gasteiger partial charge in [-0.1, -0.05) is 0 Å². The Morgan fingerprint density at radius 2 is 1.96 bits per heavy atom. The lowest BCUT2D eigenvalue weighted by Gasteiger charge is -2.31. The summed E-state index contributed by atoms with van der Waals surface area (Å²) in [6, 6.07) is 3.74. The molecule has 0 saturated carbocycles. The molecular weight excluding hydrogens is 340 g/mol. The lowest BCUT2D eigenvalue weighted by molar-refractivity contribution is -0.129. The summed E-state index contributed by atoms with van der Waals surface area (Å²) in [6.45, 7) is 1.96. The van der Waals surface area contributed by atoms with Crippen LogP contribution in [0.15, 0.2) is 12.1 Å². The van der Waals surface area contributed by atoms with E-state index in [9.17, 15) is 4.79 Å². The minimum Gasteiger partial charge on any atom is -0.493 e. The van der Waals surface area contributed by atoms with E-state index < -0.39 is 0 Å². The monoisotopic (exact) mass is 362 g/mol. The van der Waals surface area contributed by atoms with Gasteiger partial charge in [0.15, 0.2) is 16.6 Å². The summed E-state index contributed by atoms with van der Waals surface area (Å²) in [4.78, 5) is 16.7. The summed E-state index contributed by atoms with van der Waals surface area (Å²) in [5.74, 6) is 1.48. The molecule has 0 radical (unpaired) electrons. The second-order valence-electron chi connectivity index (χ2n) is 6.69. The number of fused-ring (bicyclic) bond motifs is 2. The van der Waals surface area contributed by atoms with Crippen LogP contribution in [0.2, 0.25) is 0 Å². The average molecular weight is 362 g/mol. The molecule has 25 heavy (non-hydrogen) atoms. The Bertz CT molecular complexity index is 666. The Hall–Kier alpha value is -1.86. The Morgan fingerprint density at radius 3 is 2.60 bits per heavy atom. The fourth-order valence-electron chi connectivity index (χ4n) is 3.92. The predicted molar refractivity (Wildman–Crippen MR) is 95.9 cm³/mol. The molecule has 7 heteroatoms. The van der Waals surface area contributed by atoms with Gasteiger partial charge in [0.2, 0.25) is 0 Å². The molecule has 0 spiro atoms. The van der Waals surface area contributed by atoms with Gasteiger partial charge >= 0.3 is 0 Å². The first-order chi connectivity index (χ1) is 12.1. The first-order valence-corrected chi connectivity index (χ1v) is 9.00. The summed E-state index contributed by atoms with van der Waals surface area (Å²) in [5.41, 5.74) is 2.25. The normalized spacial score (nSPS) is 25.2. The van der Waals surface area contributed by atoms with Crippen LogP contribution in [-0.4, -0.2) is 60.3 Å². The van der Waals surface area contributed by atoms with E-state index in [-0.39, 0.29) is 18.1 Å². The van der Waals surface area contributed by atoms with Gasteiger partial charge in [-0.15, -0.1) is 0 Å². The van der Waals surface area contributed by atoms with Gasteiger partial charge in [0.05, 0.1) is 26.9 Å². The molecule has 0 N–H and O–H groups in total. The molecule has 0 unspecified atom stereocenters. The number of ether oxygens (including phenoxy) is 3. The van der Waals surface area contributed by atoms with Crippen molar-refractivity contribution in [1.29, 1.82) is 0 Å². The van der Waals surface area contributed by atoms with Crippen LogP contribution >= 0.6 is 12.2 Å². The number of nitrogens with zero attached hydrogens (tertiary/aromatic N) is 2. The van der Waals surface area contributed by atoms with E-state index >= 15 is 0 Å². The number of rotatable bonds is 4. The van der Waals surface area contributed by atoms with Crippen molar-refractivity contribution < 1.29 is 19.0 Å². The largest absolute Gasteiger partial charge is 0.493 e. The molecule has 0 aromatic heterocycles. The van der Waals surface area contributed by atoms with Crippen LogP contribution in [0.1, 0.15) is 24.0 Å². The molecule has 2 fully saturated rings. The van der Waals surface area contributed by atoms with Crippen LogP contribution < -0.4 is 9.47 Å². The van der Waals surface area contributed by atoms with E-state index in [0.717, 1.165) is 30.6 Å². The lowest BCUT2D eigenvalue weighted by Crippen LogP contribution is -2.40. The van der Waals surface area contributed by atoms with Crippen molar-refractivity contribution in [2.45, 2.75) is 38.0 Å². The number of benzene rings is 1. The first kappa shape index (κ1) is 16.6. The van der Waals surface area contributed by atoms with Crippen LogP contribution in [0.5, 0.6) is 11.5 Å². The fraction of sp³-hybridized carbons (Fsp3) is 0.556. The van der Waals surface area contributed by atoms with Gasteiger partial charge < -0.3 is 19.1 Å². The van der Waals surface area contributed by atoms with Crippen molar-refractivity contribution >= 4 is 23.2 Å². The highest BCUT2D eigenvalue weighted by Crippen LogP contribution is 2.37. The van der Waals surface area contributed by atoms with Crippen LogP contribution in [0.4, 0.5) is 0 Å². The molecule has 3 aliphatic rings. The third kappa shape index (κ3) is 2.75. The molecule has 2 atom stereocenters. The maximum atomic E-state index is 12.9. The summed E-state index contributed by atoms with van der Waals surface area (Å²) in [7, 11) is 3.25. The Labute approximate surface area is 152 Å². The Kier molecular flexibility index (Phi) is 4.29. The van der Waals surface area contributed by atoms with Crippen molar-refractivity contribution in [1.82, 2.24) is 9.80 Å². The number of hydrogen-bond acceptors (Lipinski definition) is 5. The summed E-state index contributed by atoms with van der Waals surface area (Å²) in [5, 5.41) is 0.617. The van der Waals surface area contributed by atoms with Crippen molar-refractivity contribution in [3.8, 4) is 11.5 Å². The lowest BCUT2D eigenvalue weighted by atomic mass is 9.94. The molecule has 134 valence electrons. The smallest absolute Gasteiger partial charge is 0.251 e. The SMILES string of the molecule is COc1cc2c(cc1OC)CN1C(=S)N(C[C@H]3CCCO3)C(=O)[C@@H]1C2. The first-order valence-electron chi connectivity index (χ1n) is 8.59. The minimum absolute atomic E-state index is 0.0842. The van der Waals surface area contributed by atoms with Crippen molar-refractivity contribution in [2.24, 2.45) is 0 Å². The zero-order valence-electron chi connectivity index (χ0n) is 14.5. The quantitative estimate of drug-likeness (QED) is 0.761. The van der Waals surface area contributed by atoms with E-state index in [2.05, 4.69) is 0 Å². The third-order valence-corrected chi connectivity index (χ3v) is 5.73. The number of amides is 1. The molecule has 0 aliphatic carbocycles. The van der Waals surface area contributed by atoms with E-state index in [1.54, 1.807) is 19.1 Å². The standard InChI is InChI=1S/C18H22N2O4S/c1-22-15-7-11-6-14-17(21)20(10-13-4-3-5-24-13)18(25)19(14)9-12(11)8-16(15)23-2/h7-8,13-14H,3-6,9-10H2,1-2H3/t13-,14+/m1/s1. The molecule has 3 heterocycles. The number of hydrogen-bond donors (Lipinski definition) is 0. The molecule has 0 bridgehead atoms. The Morgan fingerprint density at radius 1 is 1.24 bits per heavy atom. The van der Waals surface area contributed by atoms with Crippen molar-refractivity contribution in [3.63, 3.8) is 0 Å². The summed E-state index contributed by atoms with van der Waals surface area (Å²) >= 11 is 5.61. The van der Waals surface area contributed by atoms with Crippen LogP contribution in [0.3, 0.4) is 0 Å². The van der Waals surface area contributed by atoms with Crippen LogP contribution in [0, 0.1) is 0 Å². The van der Waals surface area contributed by atoms with Gasteiger partial charge in [0, 0.05) is 19.6 Å². The highest BCUT2D eigenvalue weighted by atomic mass is 32.1. The van der Waals surface area contributed by atoms with Gasteiger partial charge in [-0.05, 0) is 48.3 Å². The molecule has 6 nitrogen and oxygen atoms in total. The summed E-state index contributed by atoms with van der Waals surface area (Å²) in [6.07, 6.45) is 2.78. The second kappa shape index (κ2) is 6.46. The van der Waals surface area contributed by atoms with Gasteiger partial charge in [-0.2, -0.15) is 0 Å². The molecule has 1 aromatic carbocycles. The van der Waals surface area contributed by atoms with E-state index in [1.165, 1.54) is 0 Å². The maximum Gasteiger partial charge on any atom is 0.251 e. The minimum atomic E-state index is -0.223. The summed E-state index contributed by atoms with van der Waals surface area (Å²) < 4.78 is 16.5.